The first-order chi connectivity index (χ1) is 7.29. The van der Waals surface area contributed by atoms with E-state index in [1.54, 1.807) is 0 Å². The Morgan fingerprint density at radius 2 is 1.94 bits per heavy atom. The van der Waals surface area contributed by atoms with E-state index in [-0.39, 0.29) is 7.43 Å². The van der Waals surface area contributed by atoms with Crippen LogP contribution < -0.4 is 10.6 Å². The lowest BCUT2D eigenvalue weighted by molar-refractivity contribution is 0.312. The van der Waals surface area contributed by atoms with E-state index >= 15 is 0 Å². The van der Waals surface area contributed by atoms with Crippen molar-refractivity contribution in [3.63, 3.8) is 0 Å². The maximum Gasteiger partial charge on any atom is 0.128 e. The van der Waals surface area contributed by atoms with Crippen molar-refractivity contribution in [2.75, 3.05) is 38.1 Å². The van der Waals surface area contributed by atoms with E-state index < -0.39 is 0 Å². The summed E-state index contributed by atoms with van der Waals surface area (Å²) < 4.78 is 0. The highest BCUT2D eigenvalue weighted by molar-refractivity contribution is 5.39. The van der Waals surface area contributed by atoms with Gasteiger partial charge in [-0.15, -0.1) is 0 Å². The molecule has 16 heavy (non-hydrogen) atoms. The van der Waals surface area contributed by atoms with Crippen LogP contribution in [0.3, 0.4) is 0 Å². The van der Waals surface area contributed by atoms with E-state index in [1.165, 1.54) is 0 Å². The van der Waals surface area contributed by atoms with Crippen LogP contribution in [0.4, 0.5) is 5.82 Å². The molecule has 2 N–H and O–H groups in total. The zero-order chi connectivity index (χ0) is 10.7. The minimum absolute atomic E-state index is 0. The second-order valence-electron chi connectivity index (χ2n) is 4.02. The molecule has 1 aliphatic heterocycles. The van der Waals surface area contributed by atoms with Crippen LogP contribution in [0.5, 0.6) is 0 Å². The number of hydrogen-bond donors (Lipinski definition) is 1. The quantitative estimate of drug-likeness (QED) is 0.808. The average Bonchev–Trinajstić information content (AvgIpc) is 2.30. The van der Waals surface area contributed by atoms with Crippen LogP contribution in [-0.4, -0.2) is 43.1 Å². The number of piperazine rings is 1. The summed E-state index contributed by atoms with van der Waals surface area (Å²) in [5.74, 6) is 1.07. The van der Waals surface area contributed by atoms with Crippen LogP contribution in [0.2, 0.25) is 0 Å². The fourth-order valence-electron chi connectivity index (χ4n) is 1.76. The van der Waals surface area contributed by atoms with Gasteiger partial charge in [0.2, 0.25) is 0 Å². The van der Waals surface area contributed by atoms with Crippen LogP contribution >= 0.6 is 0 Å². The first kappa shape index (κ1) is 12.9. The molecule has 1 aliphatic rings. The maximum atomic E-state index is 5.54. The molecule has 0 amide bonds. The molecule has 1 aromatic rings. The summed E-state index contributed by atoms with van der Waals surface area (Å²) in [6, 6.07) is 4.12. The smallest absolute Gasteiger partial charge is 0.128 e. The largest absolute Gasteiger partial charge is 0.354 e. The summed E-state index contributed by atoms with van der Waals surface area (Å²) in [4.78, 5) is 9.08. The molecule has 90 valence electrons. The molecule has 2 heterocycles. The van der Waals surface area contributed by atoms with E-state index in [4.69, 9.17) is 5.73 Å². The Labute approximate surface area is 98.1 Å². The molecule has 0 saturated carbocycles. The molecular weight excluding hydrogens is 200 g/mol. The third-order valence-corrected chi connectivity index (χ3v) is 2.87. The third-order valence-electron chi connectivity index (χ3n) is 2.87. The minimum Gasteiger partial charge on any atom is -0.354 e. The summed E-state index contributed by atoms with van der Waals surface area (Å²) in [6.45, 7) is 4.91. The summed E-state index contributed by atoms with van der Waals surface area (Å²) in [5, 5.41) is 0. The van der Waals surface area contributed by atoms with Crippen molar-refractivity contribution in [2.24, 2.45) is 5.73 Å². The predicted molar refractivity (Wildman–Crippen MR) is 68.6 cm³/mol. The third kappa shape index (κ3) is 2.93. The van der Waals surface area contributed by atoms with Crippen molar-refractivity contribution in [1.29, 1.82) is 0 Å². The fraction of sp³-hybridized carbons (Fsp3) is 0.583. The van der Waals surface area contributed by atoms with Crippen molar-refractivity contribution in [3.05, 3.63) is 23.9 Å². The summed E-state index contributed by atoms with van der Waals surface area (Å²) in [5.41, 5.74) is 6.63. The molecule has 0 radical (unpaired) electrons. The highest BCUT2D eigenvalue weighted by Gasteiger charge is 2.14. The Hall–Kier alpha value is -1.13. The maximum absolute atomic E-state index is 5.54. The van der Waals surface area contributed by atoms with Crippen molar-refractivity contribution in [1.82, 2.24) is 9.88 Å². The molecule has 1 fully saturated rings. The Kier molecular flexibility index (Phi) is 4.71. The van der Waals surface area contributed by atoms with Gasteiger partial charge >= 0.3 is 0 Å². The second-order valence-corrected chi connectivity index (χ2v) is 4.02. The van der Waals surface area contributed by atoms with Crippen LogP contribution in [0.25, 0.3) is 0 Å². The van der Waals surface area contributed by atoms with E-state index in [0.717, 1.165) is 37.6 Å². The van der Waals surface area contributed by atoms with Gasteiger partial charge in [-0.1, -0.05) is 13.5 Å². The lowest BCUT2D eigenvalue weighted by Crippen LogP contribution is -2.44. The molecule has 0 unspecified atom stereocenters. The molecular formula is C12H22N4. The number of aromatic nitrogens is 1. The highest BCUT2D eigenvalue weighted by atomic mass is 15.3. The molecule has 0 aromatic carbocycles. The molecule has 0 spiro atoms. The minimum atomic E-state index is 0. The highest BCUT2D eigenvalue weighted by Crippen LogP contribution is 2.13. The number of anilines is 1. The standard InChI is InChI=1S/C11H18N4.CH4/c1-14-4-6-15(7-5-14)11-3-2-10(8-12)9-13-11;/h2-3,9H,4-8,12H2,1H3;1H4. The van der Waals surface area contributed by atoms with E-state index in [2.05, 4.69) is 34.0 Å². The Balaban J connectivity index is 0.00000128. The topological polar surface area (TPSA) is 45.4 Å². The Morgan fingerprint density at radius 1 is 1.25 bits per heavy atom. The summed E-state index contributed by atoms with van der Waals surface area (Å²) in [6.07, 6.45) is 1.87. The normalized spacial score (nSPS) is 17.0. The van der Waals surface area contributed by atoms with Crippen molar-refractivity contribution >= 4 is 5.82 Å². The zero-order valence-electron chi connectivity index (χ0n) is 9.19. The van der Waals surface area contributed by atoms with E-state index in [1.807, 2.05) is 6.20 Å². The average molecular weight is 222 g/mol. The van der Waals surface area contributed by atoms with Crippen LogP contribution in [0, 0.1) is 0 Å². The lowest BCUT2D eigenvalue weighted by Gasteiger charge is -2.33. The molecule has 0 bridgehead atoms. The van der Waals surface area contributed by atoms with Gasteiger partial charge in [-0.2, -0.15) is 0 Å². The predicted octanol–water partition coefficient (Wildman–Crippen LogP) is 0.928. The van der Waals surface area contributed by atoms with Gasteiger partial charge in [-0.25, -0.2) is 4.98 Å². The van der Waals surface area contributed by atoms with Gasteiger partial charge < -0.3 is 15.5 Å². The first-order valence-corrected chi connectivity index (χ1v) is 5.38. The van der Waals surface area contributed by atoms with Crippen LogP contribution in [0.15, 0.2) is 18.3 Å². The number of pyridine rings is 1. The van der Waals surface area contributed by atoms with Gasteiger partial charge in [-0.05, 0) is 18.7 Å². The van der Waals surface area contributed by atoms with Crippen molar-refractivity contribution < 1.29 is 0 Å². The van der Waals surface area contributed by atoms with Crippen molar-refractivity contribution in [3.8, 4) is 0 Å². The second kappa shape index (κ2) is 5.82. The monoisotopic (exact) mass is 222 g/mol. The lowest BCUT2D eigenvalue weighted by atomic mass is 10.2. The Morgan fingerprint density at radius 3 is 2.44 bits per heavy atom. The Bertz CT molecular complexity index is 301. The SMILES string of the molecule is C.CN1CCN(c2ccc(CN)cn2)CC1. The number of likely N-dealkylation sites (N-methyl/N-ethyl adjacent to an activating group) is 1. The van der Waals surface area contributed by atoms with E-state index in [0.29, 0.717) is 6.54 Å². The molecule has 4 nitrogen and oxygen atoms in total. The molecule has 2 rings (SSSR count). The summed E-state index contributed by atoms with van der Waals surface area (Å²) >= 11 is 0. The number of nitrogens with zero attached hydrogens (tertiary/aromatic N) is 3. The molecule has 0 atom stereocenters. The number of hydrogen-bond acceptors (Lipinski definition) is 4. The fourth-order valence-corrected chi connectivity index (χ4v) is 1.76. The van der Waals surface area contributed by atoms with Gasteiger partial charge in [0, 0.05) is 38.9 Å². The van der Waals surface area contributed by atoms with E-state index in [9.17, 15) is 0 Å². The summed E-state index contributed by atoms with van der Waals surface area (Å²) in [7, 11) is 2.16. The van der Waals surface area contributed by atoms with Gasteiger partial charge in [0.25, 0.3) is 0 Å². The molecule has 1 aromatic heterocycles. The van der Waals surface area contributed by atoms with Crippen LogP contribution in [-0.2, 0) is 6.54 Å². The van der Waals surface area contributed by atoms with Gasteiger partial charge in [0.1, 0.15) is 5.82 Å². The van der Waals surface area contributed by atoms with Gasteiger partial charge in [-0.3, -0.25) is 0 Å². The van der Waals surface area contributed by atoms with Crippen LogP contribution in [0.1, 0.15) is 13.0 Å². The van der Waals surface area contributed by atoms with Gasteiger partial charge in [0.05, 0.1) is 0 Å². The zero-order valence-corrected chi connectivity index (χ0v) is 9.19. The molecule has 4 heteroatoms. The number of rotatable bonds is 2. The first-order valence-electron chi connectivity index (χ1n) is 5.38. The van der Waals surface area contributed by atoms with Crippen molar-refractivity contribution in [2.45, 2.75) is 14.0 Å². The number of nitrogens with two attached hydrogens (primary N) is 1. The molecule has 0 aliphatic carbocycles. The van der Waals surface area contributed by atoms with Gasteiger partial charge in [0.15, 0.2) is 0 Å². The molecule has 1 saturated heterocycles.